The Kier molecular flexibility index (Phi) is 15.9. The highest BCUT2D eigenvalue weighted by atomic mass is 32.7. The molecule has 224 valence electrons. The van der Waals surface area contributed by atoms with Crippen LogP contribution in [0.1, 0.15) is 32.3 Å². The van der Waals surface area contributed by atoms with E-state index in [9.17, 15) is 28.5 Å². The van der Waals surface area contributed by atoms with Crippen molar-refractivity contribution in [3.8, 4) is 0 Å². The monoisotopic (exact) mass is 605 g/mol. The summed E-state index contributed by atoms with van der Waals surface area (Å²) in [7, 11) is 2.32. The summed E-state index contributed by atoms with van der Waals surface area (Å²) in [6.07, 6.45) is 0.0727. The fraction of sp³-hybridized carbons (Fsp3) is 0.542. The molecule has 3 N–H and O–H groups in total. The number of benzene rings is 1. The van der Waals surface area contributed by atoms with E-state index in [2.05, 4.69) is 20.7 Å². The number of nitrogens with one attached hydrogen (secondary N) is 3. The van der Waals surface area contributed by atoms with E-state index in [1.165, 1.54) is 20.3 Å². The number of hydrogen-bond donors (Lipinski definition) is 3. The van der Waals surface area contributed by atoms with Crippen LogP contribution < -0.4 is 16.0 Å². The Balaban J connectivity index is 3.05. The molecule has 0 fully saturated rings. The van der Waals surface area contributed by atoms with Crippen LogP contribution in [0.25, 0.3) is 0 Å². The van der Waals surface area contributed by atoms with Crippen molar-refractivity contribution in [1.29, 1.82) is 0 Å². The standard InChI is InChI=1S/C24H36N3O11PS/c1-6-36-23(31)16(2)25-22(30)19(15-38-39(33,35-4)40-5)26-21(29)18(12-13-20(28)34-3)27-24(32)37-14-17-10-8-7-9-11-17/h7-11,16,18-19H,6,12-15H2,1-5H3,(H,25,30)(H,26,29)(H,27,32)/t16-,18-,19-,39?/m0/s1. The Labute approximate surface area is 236 Å². The van der Waals surface area contributed by atoms with E-state index in [1.54, 1.807) is 37.3 Å². The van der Waals surface area contributed by atoms with Crippen LogP contribution in [0.3, 0.4) is 0 Å². The lowest BCUT2D eigenvalue weighted by molar-refractivity contribution is -0.147. The Bertz CT molecular complexity index is 1040. The first-order valence-corrected chi connectivity index (χ1v) is 15.5. The third-order valence-corrected chi connectivity index (χ3v) is 8.63. The maximum Gasteiger partial charge on any atom is 0.408 e. The summed E-state index contributed by atoms with van der Waals surface area (Å²) in [6, 6.07) is 4.90. The highest BCUT2D eigenvalue weighted by Crippen LogP contribution is 2.58. The molecule has 1 aromatic carbocycles. The summed E-state index contributed by atoms with van der Waals surface area (Å²) in [5.74, 6) is -3.10. The molecular weight excluding hydrogens is 569 g/mol. The summed E-state index contributed by atoms with van der Waals surface area (Å²) in [5, 5.41) is 7.16. The van der Waals surface area contributed by atoms with Crippen molar-refractivity contribution in [3.05, 3.63) is 35.9 Å². The van der Waals surface area contributed by atoms with Gasteiger partial charge in [-0.3, -0.25) is 18.9 Å². The zero-order chi connectivity index (χ0) is 30.1. The van der Waals surface area contributed by atoms with Gasteiger partial charge in [0.15, 0.2) is 0 Å². The minimum Gasteiger partial charge on any atom is -0.469 e. The average molecular weight is 606 g/mol. The third-order valence-electron chi connectivity index (χ3n) is 5.16. The molecule has 0 radical (unpaired) electrons. The predicted octanol–water partition coefficient (Wildman–Crippen LogP) is 1.92. The second kappa shape index (κ2) is 18.3. The predicted molar refractivity (Wildman–Crippen MR) is 145 cm³/mol. The van der Waals surface area contributed by atoms with Gasteiger partial charge in [-0.25, -0.2) is 14.2 Å². The number of amides is 3. The Morgan fingerprint density at radius 1 is 0.950 bits per heavy atom. The zero-order valence-corrected chi connectivity index (χ0v) is 24.7. The highest BCUT2D eigenvalue weighted by Gasteiger charge is 2.32. The molecule has 0 aliphatic heterocycles. The third kappa shape index (κ3) is 12.8. The summed E-state index contributed by atoms with van der Waals surface area (Å²) < 4.78 is 37.3. The van der Waals surface area contributed by atoms with Crippen LogP contribution in [0.4, 0.5) is 4.79 Å². The topological polar surface area (TPSA) is 185 Å². The van der Waals surface area contributed by atoms with Gasteiger partial charge in [0.1, 0.15) is 24.7 Å². The van der Waals surface area contributed by atoms with Gasteiger partial charge >= 0.3 is 24.8 Å². The molecule has 0 aliphatic rings. The molecule has 0 aliphatic carbocycles. The maximum absolute atomic E-state index is 13.2. The molecular formula is C24H36N3O11PS. The minimum atomic E-state index is -3.65. The first kappa shape index (κ1) is 34.9. The van der Waals surface area contributed by atoms with Gasteiger partial charge in [0, 0.05) is 13.5 Å². The van der Waals surface area contributed by atoms with Crippen LogP contribution in [0, 0.1) is 0 Å². The molecule has 0 heterocycles. The van der Waals surface area contributed by atoms with E-state index in [0.717, 1.165) is 18.5 Å². The zero-order valence-electron chi connectivity index (χ0n) is 23.0. The summed E-state index contributed by atoms with van der Waals surface area (Å²) in [5.41, 5.74) is 0.703. The van der Waals surface area contributed by atoms with E-state index in [-0.39, 0.29) is 26.1 Å². The van der Waals surface area contributed by atoms with Crippen LogP contribution >= 0.6 is 18.2 Å². The van der Waals surface area contributed by atoms with E-state index >= 15 is 0 Å². The average Bonchev–Trinajstić information content (AvgIpc) is 2.96. The van der Waals surface area contributed by atoms with Gasteiger partial charge in [-0.2, -0.15) is 0 Å². The summed E-state index contributed by atoms with van der Waals surface area (Å²) in [4.78, 5) is 62.3. The van der Waals surface area contributed by atoms with Crippen molar-refractivity contribution in [1.82, 2.24) is 16.0 Å². The van der Waals surface area contributed by atoms with Crippen molar-refractivity contribution in [2.45, 2.75) is 51.4 Å². The molecule has 16 heteroatoms. The molecule has 0 aromatic heterocycles. The quantitative estimate of drug-likeness (QED) is 0.133. The number of alkyl carbamates (subject to hydrolysis) is 1. The van der Waals surface area contributed by atoms with Crippen LogP contribution in [0.5, 0.6) is 0 Å². The SMILES string of the molecule is CCOC(=O)[C@H](C)NC(=O)[C@H](COP(=O)(OC)SC)NC(=O)[C@H](CCC(=O)OC)NC(=O)OCc1ccccc1. The van der Waals surface area contributed by atoms with E-state index in [4.69, 9.17) is 18.5 Å². The fourth-order valence-electron chi connectivity index (χ4n) is 2.98. The van der Waals surface area contributed by atoms with E-state index in [1.807, 2.05) is 0 Å². The van der Waals surface area contributed by atoms with Crippen LogP contribution in [-0.2, 0) is 53.6 Å². The summed E-state index contributed by atoms with van der Waals surface area (Å²) in [6.45, 7) is -1.29. The van der Waals surface area contributed by atoms with Crippen molar-refractivity contribution in [2.24, 2.45) is 0 Å². The molecule has 1 unspecified atom stereocenters. The van der Waals surface area contributed by atoms with Gasteiger partial charge in [0.2, 0.25) is 11.8 Å². The Hall–Kier alpha value is -3.13. The Morgan fingerprint density at radius 2 is 1.60 bits per heavy atom. The smallest absolute Gasteiger partial charge is 0.408 e. The largest absolute Gasteiger partial charge is 0.469 e. The first-order valence-electron chi connectivity index (χ1n) is 12.2. The Morgan fingerprint density at radius 3 is 2.17 bits per heavy atom. The number of rotatable bonds is 17. The van der Waals surface area contributed by atoms with Crippen molar-refractivity contribution >= 4 is 48.0 Å². The minimum absolute atomic E-state index is 0.0797. The molecule has 14 nitrogen and oxygen atoms in total. The van der Waals surface area contributed by atoms with Crippen LogP contribution in [-0.4, -0.2) is 81.7 Å². The molecule has 40 heavy (non-hydrogen) atoms. The van der Waals surface area contributed by atoms with Gasteiger partial charge < -0.3 is 34.7 Å². The molecule has 3 amide bonds. The first-order chi connectivity index (χ1) is 19.0. The second-order valence-electron chi connectivity index (χ2n) is 8.03. The second-order valence-corrected chi connectivity index (χ2v) is 12.3. The molecule has 0 saturated carbocycles. The van der Waals surface area contributed by atoms with Crippen LogP contribution in [0.2, 0.25) is 0 Å². The lowest BCUT2D eigenvalue weighted by atomic mass is 10.1. The number of methoxy groups -OCH3 is 1. The molecule has 4 atom stereocenters. The van der Waals surface area contributed by atoms with Gasteiger partial charge in [-0.1, -0.05) is 30.3 Å². The lowest BCUT2D eigenvalue weighted by Gasteiger charge is -2.25. The molecule has 0 saturated heterocycles. The van der Waals surface area contributed by atoms with E-state index < -0.39 is 61.4 Å². The highest BCUT2D eigenvalue weighted by molar-refractivity contribution is 8.54. The number of hydrogen-bond acceptors (Lipinski definition) is 12. The van der Waals surface area contributed by atoms with Gasteiger partial charge in [0.25, 0.3) is 0 Å². The number of ether oxygens (including phenoxy) is 3. The lowest BCUT2D eigenvalue weighted by Crippen LogP contribution is -2.57. The number of carbonyl (C=O) groups excluding carboxylic acids is 5. The van der Waals surface area contributed by atoms with Gasteiger partial charge in [0.05, 0.1) is 20.3 Å². The molecule has 1 aromatic rings. The molecule has 1 rings (SSSR count). The summed E-state index contributed by atoms with van der Waals surface area (Å²) >= 11 is 0.770. The number of carbonyl (C=O) groups is 5. The van der Waals surface area contributed by atoms with Crippen molar-refractivity contribution in [3.63, 3.8) is 0 Å². The maximum atomic E-state index is 13.2. The van der Waals surface area contributed by atoms with Crippen molar-refractivity contribution < 1.29 is 51.8 Å². The molecule has 0 bridgehead atoms. The number of esters is 2. The van der Waals surface area contributed by atoms with E-state index in [0.29, 0.717) is 5.56 Å². The fourth-order valence-corrected chi connectivity index (χ4v) is 4.62. The normalized spacial score (nSPS) is 14.4. The van der Waals surface area contributed by atoms with Gasteiger partial charge in [-0.05, 0) is 43.5 Å². The van der Waals surface area contributed by atoms with Crippen LogP contribution in [0.15, 0.2) is 30.3 Å². The van der Waals surface area contributed by atoms with Crippen molar-refractivity contribution in [2.75, 3.05) is 33.7 Å². The van der Waals surface area contributed by atoms with Gasteiger partial charge in [-0.15, -0.1) is 0 Å². The molecule has 0 spiro atoms.